The zero-order chi connectivity index (χ0) is 21.7. The van der Waals surface area contributed by atoms with Crippen LogP contribution in [0.25, 0.3) is 21.9 Å². The number of rotatable bonds is 11. The summed E-state index contributed by atoms with van der Waals surface area (Å²) >= 11 is 11.7. The van der Waals surface area contributed by atoms with Crippen molar-refractivity contribution in [3.8, 4) is 0 Å². The van der Waals surface area contributed by atoms with Crippen LogP contribution in [0.2, 0.25) is 0 Å². The van der Waals surface area contributed by atoms with Crippen molar-refractivity contribution in [2.45, 2.75) is 40.2 Å². The fraction of sp³-hybridized carbons (Fsp3) is 0.522. The average molecular weight is 453 g/mol. The highest BCUT2D eigenvalue weighted by Gasteiger charge is 2.17. The molecule has 30 heavy (non-hydrogen) atoms. The molecule has 0 bridgehead atoms. The lowest BCUT2D eigenvalue weighted by atomic mass is 10.0. The Morgan fingerprint density at radius 1 is 0.933 bits per heavy atom. The number of hydrogen-bond donors (Lipinski definition) is 1. The molecular formula is C23H30Cl2N2O3. The van der Waals surface area contributed by atoms with Gasteiger partial charge < -0.3 is 19.1 Å². The average Bonchev–Trinajstić information content (AvgIpc) is 3.02. The number of nitrogens with one attached hydrogen (secondary N) is 1. The largest absolute Gasteiger partial charge is 0.461 e. The van der Waals surface area contributed by atoms with Gasteiger partial charge in [-0.25, -0.2) is 4.79 Å². The monoisotopic (exact) mass is 452 g/mol. The number of furan rings is 1. The summed E-state index contributed by atoms with van der Waals surface area (Å²) in [5.74, 6) is 2.17. The maximum Gasteiger partial charge on any atom is 0.336 e. The molecule has 3 rings (SSSR count). The molecule has 0 saturated carbocycles. The number of halogens is 2. The van der Waals surface area contributed by atoms with Gasteiger partial charge in [-0.2, -0.15) is 0 Å². The predicted octanol–water partition coefficient (Wildman–Crippen LogP) is 5.11. The first-order valence-corrected chi connectivity index (χ1v) is 11.5. The van der Waals surface area contributed by atoms with Crippen LogP contribution in [0.1, 0.15) is 35.3 Å². The second-order valence-electron chi connectivity index (χ2n) is 7.74. The van der Waals surface area contributed by atoms with Crippen LogP contribution in [0.15, 0.2) is 25.8 Å². The van der Waals surface area contributed by atoms with Crippen molar-refractivity contribution in [1.82, 2.24) is 10.2 Å². The molecule has 0 radical (unpaired) electrons. The minimum atomic E-state index is -0.330. The van der Waals surface area contributed by atoms with Gasteiger partial charge in [0.05, 0.1) is 0 Å². The Morgan fingerprint density at radius 2 is 1.63 bits per heavy atom. The van der Waals surface area contributed by atoms with Gasteiger partial charge in [0, 0.05) is 59.4 Å². The third kappa shape index (κ3) is 5.20. The second-order valence-corrected chi connectivity index (χ2v) is 8.50. The van der Waals surface area contributed by atoms with Crippen molar-refractivity contribution < 1.29 is 8.83 Å². The zero-order valence-electron chi connectivity index (χ0n) is 17.9. The van der Waals surface area contributed by atoms with Gasteiger partial charge in [-0.05, 0) is 58.3 Å². The number of aryl methyl sites for hydroxylation is 3. The van der Waals surface area contributed by atoms with E-state index in [1.165, 1.54) is 6.07 Å². The first-order chi connectivity index (χ1) is 14.5. The Morgan fingerprint density at radius 3 is 2.33 bits per heavy atom. The summed E-state index contributed by atoms with van der Waals surface area (Å²) in [7, 11) is 0. The van der Waals surface area contributed by atoms with Crippen molar-refractivity contribution in [3.05, 3.63) is 45.0 Å². The number of nitrogens with zero attached hydrogens (tertiary/aromatic N) is 1. The molecule has 0 unspecified atom stereocenters. The molecule has 0 saturated heterocycles. The Balaban J connectivity index is 1.67. The third-order valence-electron chi connectivity index (χ3n) is 5.61. The van der Waals surface area contributed by atoms with Gasteiger partial charge in [-0.15, -0.1) is 23.2 Å². The van der Waals surface area contributed by atoms with Crippen molar-refractivity contribution in [1.29, 1.82) is 0 Å². The maximum absolute atomic E-state index is 11.8. The van der Waals surface area contributed by atoms with Crippen LogP contribution in [0.3, 0.4) is 0 Å². The maximum atomic E-state index is 11.8. The van der Waals surface area contributed by atoms with Gasteiger partial charge in [-0.3, -0.25) is 0 Å². The van der Waals surface area contributed by atoms with Gasteiger partial charge in [0.1, 0.15) is 16.9 Å². The van der Waals surface area contributed by atoms with Crippen molar-refractivity contribution in [2.24, 2.45) is 0 Å². The summed E-state index contributed by atoms with van der Waals surface area (Å²) in [5.41, 5.74) is 4.02. The Hall–Kier alpha value is -1.53. The first-order valence-electron chi connectivity index (χ1n) is 10.5. The van der Waals surface area contributed by atoms with E-state index in [1.807, 2.05) is 20.8 Å². The van der Waals surface area contributed by atoms with E-state index in [9.17, 15) is 4.79 Å². The van der Waals surface area contributed by atoms with E-state index in [2.05, 4.69) is 16.3 Å². The van der Waals surface area contributed by atoms with E-state index >= 15 is 0 Å². The van der Waals surface area contributed by atoms with Gasteiger partial charge in [0.2, 0.25) is 0 Å². The van der Waals surface area contributed by atoms with E-state index in [0.717, 1.165) is 84.4 Å². The van der Waals surface area contributed by atoms with Crippen LogP contribution in [-0.2, 0) is 6.54 Å². The molecule has 0 aliphatic carbocycles. The van der Waals surface area contributed by atoms with E-state index in [-0.39, 0.29) is 5.63 Å². The van der Waals surface area contributed by atoms with Crippen LogP contribution >= 0.6 is 23.2 Å². The molecule has 5 nitrogen and oxygen atoms in total. The Bertz CT molecular complexity index is 1050. The number of benzene rings is 1. The van der Waals surface area contributed by atoms with Crippen LogP contribution in [0.4, 0.5) is 0 Å². The fourth-order valence-electron chi connectivity index (χ4n) is 3.94. The molecular weight excluding hydrogens is 423 g/mol. The molecule has 1 N–H and O–H groups in total. The van der Waals surface area contributed by atoms with Gasteiger partial charge >= 0.3 is 5.63 Å². The highest BCUT2D eigenvalue weighted by molar-refractivity contribution is 6.18. The lowest BCUT2D eigenvalue weighted by Gasteiger charge is -2.19. The first kappa shape index (κ1) is 23.1. The van der Waals surface area contributed by atoms with E-state index in [4.69, 9.17) is 32.0 Å². The van der Waals surface area contributed by atoms with Crippen LogP contribution in [0.5, 0.6) is 0 Å². The molecule has 2 heterocycles. The normalized spacial score (nSPS) is 11.9. The molecule has 7 heteroatoms. The summed E-state index contributed by atoms with van der Waals surface area (Å²) in [6.07, 6.45) is 2.19. The standard InChI is InChI=1S/C23H30Cl2N2O3/c1-15-12-21(28)30-22-16(2)23-19(13-18(15)22)20(17(3)29-23)14-26-8-4-5-9-27(10-6-24)11-7-25/h12-13,26H,4-11,14H2,1-3H3. The molecule has 0 spiro atoms. The smallest absolute Gasteiger partial charge is 0.336 e. The quantitative estimate of drug-likeness (QED) is 0.248. The summed E-state index contributed by atoms with van der Waals surface area (Å²) in [4.78, 5) is 14.1. The third-order valence-corrected chi connectivity index (χ3v) is 5.95. The molecule has 0 aliphatic heterocycles. The van der Waals surface area contributed by atoms with E-state index < -0.39 is 0 Å². The van der Waals surface area contributed by atoms with Crippen LogP contribution in [-0.4, -0.2) is 42.8 Å². The molecule has 2 aromatic heterocycles. The SMILES string of the molecule is Cc1oc2c(C)c3oc(=O)cc(C)c3cc2c1CNCCCCN(CCCl)CCCl. The van der Waals surface area contributed by atoms with Gasteiger partial charge in [0.15, 0.2) is 0 Å². The molecule has 0 aliphatic rings. The molecule has 3 aromatic rings. The van der Waals surface area contributed by atoms with Gasteiger partial charge in [0.25, 0.3) is 0 Å². The van der Waals surface area contributed by atoms with Crippen LogP contribution < -0.4 is 10.9 Å². The van der Waals surface area contributed by atoms with Gasteiger partial charge in [-0.1, -0.05) is 0 Å². The summed E-state index contributed by atoms with van der Waals surface area (Å²) in [5, 5.41) is 5.59. The molecule has 164 valence electrons. The molecule has 0 atom stereocenters. The second kappa shape index (κ2) is 10.7. The van der Waals surface area contributed by atoms with Crippen molar-refractivity contribution in [3.63, 3.8) is 0 Å². The van der Waals surface area contributed by atoms with E-state index in [1.54, 1.807) is 0 Å². The van der Waals surface area contributed by atoms with Crippen molar-refractivity contribution >= 4 is 45.1 Å². The van der Waals surface area contributed by atoms with E-state index in [0.29, 0.717) is 17.3 Å². The molecule has 1 aromatic carbocycles. The Kier molecular flexibility index (Phi) is 8.23. The number of unbranched alkanes of at least 4 members (excludes halogenated alkanes) is 1. The topological polar surface area (TPSA) is 58.6 Å². The zero-order valence-corrected chi connectivity index (χ0v) is 19.5. The molecule has 0 fully saturated rings. The Labute approximate surface area is 187 Å². The highest BCUT2D eigenvalue weighted by Crippen LogP contribution is 2.34. The number of hydrogen-bond acceptors (Lipinski definition) is 5. The molecule has 0 amide bonds. The fourth-order valence-corrected chi connectivity index (χ4v) is 4.42. The minimum Gasteiger partial charge on any atom is -0.461 e. The minimum absolute atomic E-state index is 0.330. The number of alkyl halides is 2. The summed E-state index contributed by atoms with van der Waals surface area (Å²) < 4.78 is 11.5. The lowest BCUT2D eigenvalue weighted by molar-refractivity contribution is 0.299. The van der Waals surface area contributed by atoms with Crippen LogP contribution in [0, 0.1) is 20.8 Å². The van der Waals surface area contributed by atoms with Crippen molar-refractivity contribution in [2.75, 3.05) is 37.9 Å². The predicted molar refractivity (Wildman–Crippen MR) is 125 cm³/mol. The summed E-state index contributed by atoms with van der Waals surface area (Å²) in [6, 6.07) is 3.62. The summed E-state index contributed by atoms with van der Waals surface area (Å²) in [6.45, 7) is 10.3. The number of fused-ring (bicyclic) bond motifs is 2. The lowest BCUT2D eigenvalue weighted by Crippen LogP contribution is -2.29. The highest BCUT2D eigenvalue weighted by atomic mass is 35.5.